The number of hydrogen-bond donors (Lipinski definition) is 1. The van der Waals surface area contributed by atoms with Crippen molar-refractivity contribution in [1.29, 1.82) is 5.26 Å². The Bertz CT molecular complexity index is 574. The summed E-state index contributed by atoms with van der Waals surface area (Å²) >= 11 is 0. The van der Waals surface area contributed by atoms with Crippen LogP contribution in [0.4, 0.5) is 0 Å². The molecular formula is C16H26N2O2S. The van der Waals surface area contributed by atoms with Crippen LogP contribution in [0.15, 0.2) is 0 Å². The molecule has 1 N–H and O–H groups in total. The zero-order valence-corrected chi connectivity index (χ0v) is 14.1. The maximum Gasteiger partial charge on any atom is 0.228 e. The van der Waals surface area contributed by atoms with Crippen molar-refractivity contribution in [2.75, 3.05) is 0 Å². The van der Waals surface area contributed by atoms with E-state index in [0.29, 0.717) is 12.3 Å². The smallest absolute Gasteiger partial charge is 0.211 e. The molecule has 4 aliphatic rings. The Balaban J connectivity index is 1.91. The Morgan fingerprint density at radius 1 is 1.19 bits per heavy atom. The van der Waals surface area contributed by atoms with E-state index in [4.69, 9.17) is 5.26 Å². The van der Waals surface area contributed by atoms with Gasteiger partial charge in [-0.3, -0.25) is 0 Å². The van der Waals surface area contributed by atoms with Gasteiger partial charge in [0, 0.05) is 5.54 Å². The van der Waals surface area contributed by atoms with Crippen LogP contribution in [0.1, 0.15) is 65.7 Å². The Labute approximate surface area is 128 Å². The quantitative estimate of drug-likeness (QED) is 0.868. The lowest BCUT2D eigenvalue weighted by Crippen LogP contribution is -2.65. The fraction of sp³-hybridized carbons (Fsp3) is 0.938. The first-order valence-electron chi connectivity index (χ1n) is 8.06. The SMILES string of the molecule is CCC(C#N)S(=O)(=O)NC12CC3CC(C)(CC(C)(C3)C1)C2. The lowest BCUT2D eigenvalue weighted by atomic mass is 9.43. The maximum atomic E-state index is 12.6. The number of hydrogen-bond acceptors (Lipinski definition) is 3. The van der Waals surface area contributed by atoms with Crippen molar-refractivity contribution in [3.63, 3.8) is 0 Å². The van der Waals surface area contributed by atoms with E-state index in [-0.39, 0.29) is 16.4 Å². The maximum absolute atomic E-state index is 12.6. The van der Waals surface area contributed by atoms with E-state index in [9.17, 15) is 8.42 Å². The number of rotatable bonds is 4. The van der Waals surface area contributed by atoms with Crippen LogP contribution in [0.3, 0.4) is 0 Å². The number of nitriles is 1. The first-order valence-corrected chi connectivity index (χ1v) is 9.60. The highest BCUT2D eigenvalue weighted by Gasteiger charge is 2.61. The van der Waals surface area contributed by atoms with E-state index < -0.39 is 15.3 Å². The summed E-state index contributed by atoms with van der Waals surface area (Å²) in [7, 11) is -3.55. The predicted octanol–water partition coefficient (Wildman–Crippen LogP) is 2.96. The Morgan fingerprint density at radius 3 is 2.19 bits per heavy atom. The number of nitrogens with zero attached hydrogens (tertiary/aromatic N) is 1. The summed E-state index contributed by atoms with van der Waals surface area (Å²) in [6.45, 7) is 6.40. The molecule has 4 rings (SSSR count). The highest BCUT2D eigenvalue weighted by molar-refractivity contribution is 7.90. The van der Waals surface area contributed by atoms with Crippen LogP contribution in [0, 0.1) is 28.1 Å². The molecule has 21 heavy (non-hydrogen) atoms. The summed E-state index contributed by atoms with van der Waals surface area (Å²) in [5.41, 5.74) is 0.238. The highest BCUT2D eigenvalue weighted by Crippen LogP contribution is 2.66. The van der Waals surface area contributed by atoms with Crippen molar-refractivity contribution >= 4 is 10.0 Å². The topological polar surface area (TPSA) is 70.0 Å². The van der Waals surface area contributed by atoms with Gasteiger partial charge in [-0.15, -0.1) is 0 Å². The summed E-state index contributed by atoms with van der Waals surface area (Å²) in [4.78, 5) is 0. The second-order valence-electron chi connectivity index (χ2n) is 8.58. The van der Waals surface area contributed by atoms with Gasteiger partial charge in [0.15, 0.2) is 5.25 Å². The Kier molecular flexibility index (Phi) is 3.25. The molecule has 3 unspecified atom stereocenters. The summed E-state index contributed by atoms with van der Waals surface area (Å²) in [5, 5.41) is 8.18. The normalized spacial score (nSPS) is 46.3. The van der Waals surface area contributed by atoms with Gasteiger partial charge >= 0.3 is 0 Å². The van der Waals surface area contributed by atoms with Gasteiger partial charge in [0.25, 0.3) is 0 Å². The monoisotopic (exact) mass is 310 g/mol. The second kappa shape index (κ2) is 4.45. The Hall–Kier alpha value is -0.600. The molecule has 4 fully saturated rings. The number of sulfonamides is 1. The zero-order chi connectivity index (χ0) is 15.5. The van der Waals surface area contributed by atoms with Gasteiger partial charge in [0.2, 0.25) is 10.0 Å². The van der Waals surface area contributed by atoms with Crippen molar-refractivity contribution in [3.05, 3.63) is 0 Å². The zero-order valence-electron chi connectivity index (χ0n) is 13.3. The second-order valence-corrected chi connectivity index (χ2v) is 10.4. The largest absolute Gasteiger partial charge is 0.228 e. The van der Waals surface area contributed by atoms with Gasteiger partial charge in [0.05, 0.1) is 6.07 Å². The molecule has 5 heteroatoms. The van der Waals surface area contributed by atoms with Crippen molar-refractivity contribution in [2.24, 2.45) is 16.7 Å². The van der Waals surface area contributed by atoms with Crippen LogP contribution in [0.2, 0.25) is 0 Å². The van der Waals surface area contributed by atoms with Gasteiger partial charge in [-0.25, -0.2) is 13.1 Å². The third-order valence-corrected chi connectivity index (χ3v) is 7.78. The molecule has 0 radical (unpaired) electrons. The molecule has 118 valence electrons. The summed E-state index contributed by atoms with van der Waals surface area (Å²) < 4.78 is 28.1. The molecule has 0 aromatic rings. The van der Waals surface area contributed by atoms with Crippen molar-refractivity contribution < 1.29 is 8.42 Å². The third kappa shape index (κ3) is 2.51. The van der Waals surface area contributed by atoms with E-state index >= 15 is 0 Å². The standard InChI is InChI=1S/C16H26N2O2S/c1-4-13(8-17)21(19,20)18-16-7-12-5-14(2,10-16)9-15(3,6-12)11-16/h12-13,18H,4-7,9-11H2,1-3H3. The predicted molar refractivity (Wildman–Crippen MR) is 81.9 cm³/mol. The molecule has 0 amide bonds. The van der Waals surface area contributed by atoms with E-state index in [0.717, 1.165) is 19.3 Å². The Morgan fingerprint density at radius 2 is 1.76 bits per heavy atom. The molecule has 0 heterocycles. The van der Waals surface area contributed by atoms with Crippen LogP contribution < -0.4 is 4.72 Å². The average Bonchev–Trinajstić information content (AvgIpc) is 2.22. The van der Waals surface area contributed by atoms with Crippen molar-refractivity contribution in [1.82, 2.24) is 4.72 Å². The minimum atomic E-state index is -3.55. The lowest BCUT2D eigenvalue weighted by molar-refractivity contribution is -0.110. The molecule has 3 atom stereocenters. The summed E-state index contributed by atoms with van der Waals surface area (Å²) in [6, 6.07) is 1.94. The van der Waals surface area contributed by atoms with Gasteiger partial charge in [-0.2, -0.15) is 5.26 Å². The molecule has 4 bridgehead atoms. The fourth-order valence-corrected chi connectivity index (χ4v) is 7.87. The average molecular weight is 310 g/mol. The molecule has 0 aliphatic heterocycles. The van der Waals surface area contributed by atoms with Crippen molar-refractivity contribution in [3.8, 4) is 6.07 Å². The van der Waals surface area contributed by atoms with E-state index in [1.165, 1.54) is 19.3 Å². The molecule has 4 aliphatic carbocycles. The molecule has 0 saturated heterocycles. The lowest BCUT2D eigenvalue weighted by Gasteiger charge is -2.65. The van der Waals surface area contributed by atoms with Gasteiger partial charge < -0.3 is 0 Å². The van der Waals surface area contributed by atoms with Crippen molar-refractivity contribution in [2.45, 2.75) is 76.5 Å². The van der Waals surface area contributed by atoms with Gasteiger partial charge in [-0.1, -0.05) is 20.8 Å². The van der Waals surface area contributed by atoms with Crippen LogP contribution in [-0.4, -0.2) is 19.2 Å². The fourth-order valence-electron chi connectivity index (χ4n) is 6.31. The third-order valence-electron chi connectivity index (χ3n) is 5.87. The van der Waals surface area contributed by atoms with E-state index in [2.05, 4.69) is 18.6 Å². The van der Waals surface area contributed by atoms with E-state index in [1.807, 2.05) is 6.07 Å². The van der Waals surface area contributed by atoms with Gasteiger partial charge in [-0.05, 0) is 61.7 Å². The van der Waals surface area contributed by atoms with Crippen LogP contribution in [-0.2, 0) is 10.0 Å². The molecule has 0 aromatic heterocycles. The minimum Gasteiger partial charge on any atom is -0.211 e. The minimum absolute atomic E-state index is 0.269. The molecule has 0 aromatic carbocycles. The van der Waals surface area contributed by atoms with Crippen LogP contribution in [0.5, 0.6) is 0 Å². The van der Waals surface area contributed by atoms with Crippen LogP contribution in [0.25, 0.3) is 0 Å². The van der Waals surface area contributed by atoms with Gasteiger partial charge in [0.1, 0.15) is 0 Å². The number of nitrogens with one attached hydrogen (secondary N) is 1. The summed E-state index contributed by atoms with van der Waals surface area (Å²) in [5.74, 6) is 0.640. The first kappa shape index (κ1) is 15.3. The first-order chi connectivity index (χ1) is 9.63. The molecule has 4 nitrogen and oxygen atoms in total. The summed E-state index contributed by atoms with van der Waals surface area (Å²) in [6.07, 6.45) is 6.87. The molecule has 4 saturated carbocycles. The highest BCUT2D eigenvalue weighted by atomic mass is 32.2. The molecular weight excluding hydrogens is 284 g/mol. The molecule has 0 spiro atoms. The van der Waals surface area contributed by atoms with E-state index in [1.54, 1.807) is 6.92 Å². The van der Waals surface area contributed by atoms with Crippen LogP contribution >= 0.6 is 0 Å².